The molecule has 0 bridgehead atoms. The van der Waals surface area contributed by atoms with Crippen LogP contribution in [0, 0.1) is 11.3 Å². The fourth-order valence-corrected chi connectivity index (χ4v) is 0.179. The average Bonchev–Trinajstić information content (AvgIpc) is 1.65. The molecule has 0 saturated heterocycles. The van der Waals surface area contributed by atoms with E-state index in [2.05, 4.69) is 15.9 Å². The van der Waals surface area contributed by atoms with E-state index < -0.39 is 0 Å². The minimum Gasteiger partial charge on any atom is -0.197 e. The molecule has 0 fully saturated rings. The summed E-state index contributed by atoms with van der Waals surface area (Å²) < 4.78 is 0. The molecule has 0 saturated carbocycles. The van der Waals surface area contributed by atoms with Crippen molar-refractivity contribution in [3.8, 4) is 6.07 Å². The first-order valence-corrected chi connectivity index (χ1v) is 2.96. The average molecular weight is 168 g/mol. The summed E-state index contributed by atoms with van der Waals surface area (Å²) in [4.78, 5) is 0. The summed E-state index contributed by atoms with van der Waals surface area (Å²) in [7, 11) is 0. The van der Waals surface area contributed by atoms with Crippen molar-refractivity contribution < 1.29 is 0 Å². The van der Waals surface area contributed by atoms with Crippen LogP contribution in [0.4, 0.5) is 0 Å². The van der Waals surface area contributed by atoms with Crippen LogP contribution < -0.4 is 0 Å². The van der Waals surface area contributed by atoms with Crippen LogP contribution in [0.2, 0.25) is 0 Å². The van der Waals surface area contributed by atoms with Gasteiger partial charge in [-0.1, -0.05) is 15.9 Å². The second-order valence-electron chi connectivity index (χ2n) is 0.751. The monoisotopic (exact) mass is 167 g/mol. The summed E-state index contributed by atoms with van der Waals surface area (Å²) >= 11 is 8.26. The summed E-state index contributed by atoms with van der Waals surface area (Å²) in [6.07, 6.45) is 0. The van der Waals surface area contributed by atoms with Crippen LogP contribution in [0.1, 0.15) is 0 Å². The van der Waals surface area contributed by atoms with Crippen LogP contribution in [-0.4, -0.2) is 10.7 Å². The van der Waals surface area contributed by atoms with E-state index in [4.69, 9.17) is 16.9 Å². The Morgan fingerprint density at radius 1 is 2.00 bits per heavy atom. The Morgan fingerprint density at radius 2 is 2.50 bits per heavy atom. The van der Waals surface area contributed by atoms with Crippen molar-refractivity contribution in [1.29, 1.82) is 5.26 Å². The molecule has 0 amide bonds. The van der Waals surface area contributed by atoms with Gasteiger partial charge in [0.05, 0.1) is 6.07 Å². The maximum Gasteiger partial charge on any atom is 0.130 e. The fourth-order valence-electron chi connectivity index (χ4n) is 0.0345. The van der Waals surface area contributed by atoms with E-state index in [-0.39, 0.29) is 5.38 Å². The largest absolute Gasteiger partial charge is 0.197 e. The first-order valence-electron chi connectivity index (χ1n) is 1.41. The molecule has 0 N–H and O–H groups in total. The minimum atomic E-state index is -0.370. The molecule has 0 spiro atoms. The van der Waals surface area contributed by atoms with Gasteiger partial charge in [-0.2, -0.15) is 5.26 Å². The number of alkyl halides is 2. The number of halogens is 2. The second kappa shape index (κ2) is 3.45. The lowest BCUT2D eigenvalue weighted by atomic mass is 10.5. The highest BCUT2D eigenvalue weighted by Gasteiger charge is 1.93. The Labute approximate surface area is 50.0 Å². The number of rotatable bonds is 1. The van der Waals surface area contributed by atoms with Gasteiger partial charge in [0.25, 0.3) is 0 Å². The molecule has 0 aliphatic heterocycles. The molecule has 3 heteroatoms. The lowest BCUT2D eigenvalue weighted by Gasteiger charge is -1.82. The fraction of sp³-hybridized carbons (Fsp3) is 0.667. The van der Waals surface area contributed by atoms with Crippen molar-refractivity contribution >= 4 is 27.5 Å². The summed E-state index contributed by atoms with van der Waals surface area (Å²) in [5, 5.41) is 8.10. The number of nitrogens with zero attached hydrogens (tertiary/aromatic N) is 1. The van der Waals surface area contributed by atoms with E-state index in [9.17, 15) is 0 Å². The maximum atomic E-state index is 7.92. The Morgan fingerprint density at radius 3 is 2.50 bits per heavy atom. The summed E-state index contributed by atoms with van der Waals surface area (Å²) in [6.45, 7) is 0. The molecular weight excluding hydrogens is 165 g/mol. The van der Waals surface area contributed by atoms with Gasteiger partial charge in [0.15, 0.2) is 0 Å². The highest BCUT2D eigenvalue weighted by Crippen LogP contribution is 1.95. The molecule has 1 atom stereocenters. The molecule has 0 aromatic heterocycles. The van der Waals surface area contributed by atoms with Gasteiger partial charge in [-0.05, 0) is 0 Å². The zero-order valence-electron chi connectivity index (χ0n) is 2.99. The molecule has 1 nitrogen and oxygen atoms in total. The zero-order valence-corrected chi connectivity index (χ0v) is 5.33. The standard InChI is InChI=1S/C3H3BrClN/c4-1-3(5)2-6/h3H,1H2. The van der Waals surface area contributed by atoms with Gasteiger partial charge in [0, 0.05) is 5.33 Å². The molecule has 0 aromatic rings. The third-order valence-electron chi connectivity index (χ3n) is 0.276. The van der Waals surface area contributed by atoms with Gasteiger partial charge < -0.3 is 0 Å². The Hall–Kier alpha value is 0.260. The molecular formula is C3H3BrClN. The van der Waals surface area contributed by atoms with E-state index in [1.165, 1.54) is 0 Å². The predicted octanol–water partition coefficient (Wildman–Crippen LogP) is 1.51. The summed E-state index contributed by atoms with van der Waals surface area (Å²) in [5.74, 6) is 0. The van der Waals surface area contributed by atoms with Crippen molar-refractivity contribution in [2.45, 2.75) is 5.38 Å². The van der Waals surface area contributed by atoms with Crippen molar-refractivity contribution in [3.63, 3.8) is 0 Å². The highest BCUT2D eigenvalue weighted by molar-refractivity contribution is 9.09. The normalized spacial score (nSPS) is 12.8. The smallest absolute Gasteiger partial charge is 0.130 e. The van der Waals surface area contributed by atoms with Gasteiger partial charge in [0.2, 0.25) is 0 Å². The molecule has 6 heavy (non-hydrogen) atoms. The van der Waals surface area contributed by atoms with E-state index in [0.29, 0.717) is 5.33 Å². The molecule has 0 aliphatic rings. The SMILES string of the molecule is N#CC(Cl)CBr. The van der Waals surface area contributed by atoms with Crippen LogP contribution in [0.5, 0.6) is 0 Å². The quantitative estimate of drug-likeness (QED) is 0.545. The lowest BCUT2D eigenvalue weighted by molar-refractivity contribution is 1.26. The van der Waals surface area contributed by atoms with Crippen molar-refractivity contribution in [1.82, 2.24) is 0 Å². The first-order chi connectivity index (χ1) is 2.81. The van der Waals surface area contributed by atoms with E-state index in [1.807, 2.05) is 6.07 Å². The zero-order chi connectivity index (χ0) is 4.99. The topological polar surface area (TPSA) is 23.8 Å². The van der Waals surface area contributed by atoms with Gasteiger partial charge >= 0.3 is 0 Å². The van der Waals surface area contributed by atoms with Crippen LogP contribution in [0.3, 0.4) is 0 Å². The second-order valence-corrected chi connectivity index (χ2v) is 1.93. The highest BCUT2D eigenvalue weighted by atomic mass is 79.9. The third-order valence-corrected chi connectivity index (χ3v) is 1.55. The molecule has 0 aromatic carbocycles. The van der Waals surface area contributed by atoms with E-state index in [1.54, 1.807) is 0 Å². The van der Waals surface area contributed by atoms with Crippen molar-refractivity contribution in [3.05, 3.63) is 0 Å². The van der Waals surface area contributed by atoms with Gasteiger partial charge in [-0.25, -0.2) is 0 Å². The third kappa shape index (κ3) is 2.49. The molecule has 1 unspecified atom stereocenters. The molecule has 0 heterocycles. The Bertz CT molecular complexity index is 67.7. The van der Waals surface area contributed by atoms with Crippen molar-refractivity contribution in [2.24, 2.45) is 0 Å². The van der Waals surface area contributed by atoms with E-state index in [0.717, 1.165) is 0 Å². The van der Waals surface area contributed by atoms with Crippen LogP contribution >= 0.6 is 27.5 Å². The van der Waals surface area contributed by atoms with Gasteiger partial charge in [0.1, 0.15) is 5.38 Å². The van der Waals surface area contributed by atoms with Gasteiger partial charge in [-0.15, -0.1) is 11.6 Å². The van der Waals surface area contributed by atoms with Crippen LogP contribution in [0.15, 0.2) is 0 Å². The first kappa shape index (κ1) is 6.26. The Kier molecular flexibility index (Phi) is 3.60. The minimum absolute atomic E-state index is 0.370. The number of nitriles is 1. The Balaban J connectivity index is 3.04. The molecule has 34 valence electrons. The molecule has 0 aliphatic carbocycles. The lowest BCUT2D eigenvalue weighted by Crippen LogP contribution is -1.91. The predicted molar refractivity (Wildman–Crippen MR) is 29.0 cm³/mol. The summed E-state index contributed by atoms with van der Waals surface area (Å²) in [5.41, 5.74) is 0. The summed E-state index contributed by atoms with van der Waals surface area (Å²) in [6, 6.07) is 1.83. The number of hydrogen-bond acceptors (Lipinski definition) is 1. The molecule has 0 rings (SSSR count). The van der Waals surface area contributed by atoms with Crippen LogP contribution in [-0.2, 0) is 0 Å². The molecule has 0 radical (unpaired) electrons. The number of hydrogen-bond donors (Lipinski definition) is 0. The van der Waals surface area contributed by atoms with E-state index >= 15 is 0 Å². The van der Waals surface area contributed by atoms with Gasteiger partial charge in [-0.3, -0.25) is 0 Å². The maximum absolute atomic E-state index is 7.92. The van der Waals surface area contributed by atoms with Crippen LogP contribution in [0.25, 0.3) is 0 Å². The van der Waals surface area contributed by atoms with Crippen molar-refractivity contribution in [2.75, 3.05) is 5.33 Å².